The van der Waals surface area contributed by atoms with E-state index >= 15 is 0 Å². The average molecular weight is 265 g/mol. The molecule has 4 heteroatoms. The van der Waals surface area contributed by atoms with Gasteiger partial charge >= 0.3 is 0 Å². The van der Waals surface area contributed by atoms with Crippen LogP contribution in [0.2, 0.25) is 5.15 Å². The van der Waals surface area contributed by atoms with E-state index in [1.165, 1.54) is 0 Å². The Labute approximate surface area is 91.4 Å². The molecule has 0 spiro atoms. The number of aromatic nitrogens is 1. The van der Waals surface area contributed by atoms with Crippen molar-refractivity contribution in [2.75, 3.05) is 12.4 Å². The predicted molar refractivity (Wildman–Crippen MR) is 57.9 cm³/mol. The standard InChI is InChI=1S/C9H11BrClNO/c1-13-9-7(3-2-6-10)4-5-8(11)12-9/h4-5H,2-3,6H2,1H3. The molecule has 72 valence electrons. The molecule has 0 radical (unpaired) electrons. The highest BCUT2D eigenvalue weighted by molar-refractivity contribution is 9.09. The Morgan fingerprint density at radius 1 is 1.54 bits per heavy atom. The van der Waals surface area contributed by atoms with E-state index in [9.17, 15) is 0 Å². The molecule has 1 aromatic rings. The van der Waals surface area contributed by atoms with Gasteiger partial charge in [-0.3, -0.25) is 0 Å². The van der Waals surface area contributed by atoms with Crippen LogP contribution in [-0.4, -0.2) is 17.4 Å². The molecule has 13 heavy (non-hydrogen) atoms. The van der Waals surface area contributed by atoms with Crippen LogP contribution in [0.15, 0.2) is 12.1 Å². The minimum atomic E-state index is 0.472. The summed E-state index contributed by atoms with van der Waals surface area (Å²) in [7, 11) is 1.61. The number of pyridine rings is 1. The highest BCUT2D eigenvalue weighted by atomic mass is 79.9. The first kappa shape index (κ1) is 10.8. The van der Waals surface area contributed by atoms with Gasteiger partial charge in [-0.05, 0) is 18.9 Å². The zero-order valence-electron chi connectivity index (χ0n) is 7.39. The second-order valence-corrected chi connectivity index (χ2v) is 3.78. The van der Waals surface area contributed by atoms with Gasteiger partial charge < -0.3 is 4.74 Å². The van der Waals surface area contributed by atoms with Gasteiger partial charge in [0.1, 0.15) is 5.15 Å². The lowest BCUT2D eigenvalue weighted by Crippen LogP contribution is -1.95. The van der Waals surface area contributed by atoms with Crippen LogP contribution in [0.3, 0.4) is 0 Å². The van der Waals surface area contributed by atoms with Crippen molar-refractivity contribution in [3.8, 4) is 5.88 Å². The number of rotatable bonds is 4. The second kappa shape index (κ2) is 5.45. The number of hydrogen-bond acceptors (Lipinski definition) is 2. The SMILES string of the molecule is COc1nc(Cl)ccc1CCCBr. The maximum Gasteiger partial charge on any atom is 0.217 e. The Morgan fingerprint density at radius 2 is 2.31 bits per heavy atom. The number of alkyl halides is 1. The third-order valence-electron chi connectivity index (χ3n) is 1.68. The van der Waals surface area contributed by atoms with E-state index in [-0.39, 0.29) is 0 Å². The fourth-order valence-electron chi connectivity index (χ4n) is 1.07. The molecule has 2 nitrogen and oxygen atoms in total. The third-order valence-corrected chi connectivity index (χ3v) is 2.45. The van der Waals surface area contributed by atoms with Crippen LogP contribution in [0.25, 0.3) is 0 Å². The molecule has 0 N–H and O–H groups in total. The van der Waals surface area contributed by atoms with Gasteiger partial charge in [0, 0.05) is 10.9 Å². The quantitative estimate of drug-likeness (QED) is 0.616. The van der Waals surface area contributed by atoms with Gasteiger partial charge in [0.2, 0.25) is 5.88 Å². The normalized spacial score (nSPS) is 10.1. The Morgan fingerprint density at radius 3 is 2.92 bits per heavy atom. The molecule has 0 unspecified atom stereocenters. The first-order valence-electron chi connectivity index (χ1n) is 4.03. The van der Waals surface area contributed by atoms with Crippen molar-refractivity contribution in [2.45, 2.75) is 12.8 Å². The summed E-state index contributed by atoms with van der Waals surface area (Å²) in [4.78, 5) is 4.07. The van der Waals surface area contributed by atoms with Crippen molar-refractivity contribution in [3.05, 3.63) is 22.8 Å². The summed E-state index contributed by atoms with van der Waals surface area (Å²) in [5.41, 5.74) is 1.10. The molecular weight excluding hydrogens is 253 g/mol. The van der Waals surface area contributed by atoms with Gasteiger partial charge in [-0.2, -0.15) is 0 Å². The minimum absolute atomic E-state index is 0.472. The van der Waals surface area contributed by atoms with Gasteiger partial charge in [0.25, 0.3) is 0 Å². The Bertz CT molecular complexity index is 280. The zero-order valence-corrected chi connectivity index (χ0v) is 9.73. The van der Waals surface area contributed by atoms with Crippen LogP contribution < -0.4 is 4.74 Å². The summed E-state index contributed by atoms with van der Waals surface area (Å²) >= 11 is 9.11. The molecule has 0 bridgehead atoms. The molecular formula is C9H11BrClNO. The number of nitrogens with zero attached hydrogens (tertiary/aromatic N) is 1. The summed E-state index contributed by atoms with van der Waals surface area (Å²) in [5, 5.41) is 1.46. The first-order chi connectivity index (χ1) is 6.27. The number of hydrogen-bond donors (Lipinski definition) is 0. The maximum atomic E-state index is 5.73. The van der Waals surface area contributed by atoms with Crippen molar-refractivity contribution < 1.29 is 4.74 Å². The molecule has 0 atom stereocenters. The Balaban J connectivity index is 2.79. The lowest BCUT2D eigenvalue weighted by atomic mass is 10.1. The Kier molecular flexibility index (Phi) is 4.53. The summed E-state index contributed by atoms with van der Waals surface area (Å²) < 4.78 is 5.11. The van der Waals surface area contributed by atoms with Crippen LogP contribution in [0.4, 0.5) is 0 Å². The lowest BCUT2D eigenvalue weighted by Gasteiger charge is -2.06. The van der Waals surface area contributed by atoms with Crippen molar-refractivity contribution in [1.82, 2.24) is 4.98 Å². The molecule has 0 amide bonds. The molecule has 0 aliphatic rings. The molecule has 0 saturated heterocycles. The van der Waals surface area contributed by atoms with Crippen molar-refractivity contribution in [1.29, 1.82) is 0 Å². The lowest BCUT2D eigenvalue weighted by molar-refractivity contribution is 0.392. The van der Waals surface area contributed by atoms with Gasteiger partial charge in [0.05, 0.1) is 7.11 Å². The molecule has 0 aliphatic carbocycles. The Hall–Kier alpha value is -0.280. The van der Waals surface area contributed by atoms with E-state index in [4.69, 9.17) is 16.3 Å². The predicted octanol–water partition coefficient (Wildman–Crippen LogP) is 3.07. The minimum Gasteiger partial charge on any atom is -0.481 e. The summed E-state index contributed by atoms with van der Waals surface area (Å²) in [6.45, 7) is 0. The van der Waals surface area contributed by atoms with Crippen LogP contribution in [0.1, 0.15) is 12.0 Å². The van der Waals surface area contributed by atoms with E-state index in [2.05, 4.69) is 20.9 Å². The molecule has 1 heterocycles. The van der Waals surface area contributed by atoms with Crippen LogP contribution in [0, 0.1) is 0 Å². The van der Waals surface area contributed by atoms with E-state index < -0.39 is 0 Å². The number of halogens is 2. The maximum absolute atomic E-state index is 5.73. The van der Waals surface area contributed by atoms with Crippen LogP contribution in [-0.2, 0) is 6.42 Å². The first-order valence-corrected chi connectivity index (χ1v) is 5.53. The largest absolute Gasteiger partial charge is 0.481 e. The summed E-state index contributed by atoms with van der Waals surface area (Å²) in [6, 6.07) is 3.74. The number of aryl methyl sites for hydroxylation is 1. The van der Waals surface area contributed by atoms with Crippen molar-refractivity contribution >= 4 is 27.5 Å². The van der Waals surface area contributed by atoms with Crippen LogP contribution in [0.5, 0.6) is 5.88 Å². The van der Waals surface area contributed by atoms with Gasteiger partial charge in [-0.15, -0.1) is 0 Å². The molecule has 0 fully saturated rings. The monoisotopic (exact) mass is 263 g/mol. The van der Waals surface area contributed by atoms with Crippen molar-refractivity contribution in [3.63, 3.8) is 0 Å². The van der Waals surface area contributed by atoms with E-state index in [0.29, 0.717) is 11.0 Å². The molecule has 1 rings (SSSR count). The average Bonchev–Trinajstić information content (AvgIpc) is 2.16. The van der Waals surface area contributed by atoms with E-state index in [1.807, 2.05) is 6.07 Å². The van der Waals surface area contributed by atoms with E-state index in [1.54, 1.807) is 13.2 Å². The zero-order chi connectivity index (χ0) is 9.68. The number of methoxy groups -OCH3 is 1. The smallest absolute Gasteiger partial charge is 0.217 e. The number of ether oxygens (including phenoxy) is 1. The molecule has 0 aliphatic heterocycles. The highest BCUT2D eigenvalue weighted by Crippen LogP contribution is 2.19. The third kappa shape index (κ3) is 3.16. The van der Waals surface area contributed by atoms with Crippen molar-refractivity contribution in [2.24, 2.45) is 0 Å². The molecule has 1 aromatic heterocycles. The molecule has 0 saturated carbocycles. The van der Waals surface area contributed by atoms with E-state index in [0.717, 1.165) is 23.7 Å². The van der Waals surface area contributed by atoms with Gasteiger partial charge in [0.15, 0.2) is 0 Å². The summed E-state index contributed by atoms with van der Waals surface area (Å²) in [5.74, 6) is 0.633. The van der Waals surface area contributed by atoms with Gasteiger partial charge in [-0.1, -0.05) is 33.6 Å². The van der Waals surface area contributed by atoms with Crippen LogP contribution >= 0.6 is 27.5 Å². The molecule has 0 aromatic carbocycles. The fourth-order valence-corrected chi connectivity index (χ4v) is 1.49. The summed E-state index contributed by atoms with van der Waals surface area (Å²) in [6.07, 6.45) is 2.03. The highest BCUT2D eigenvalue weighted by Gasteiger charge is 2.04. The van der Waals surface area contributed by atoms with Gasteiger partial charge in [-0.25, -0.2) is 4.98 Å². The topological polar surface area (TPSA) is 22.1 Å². The second-order valence-electron chi connectivity index (χ2n) is 2.59. The fraction of sp³-hybridized carbons (Fsp3) is 0.444.